The van der Waals surface area contributed by atoms with Crippen LogP contribution in [0, 0.1) is 23.7 Å². The highest BCUT2D eigenvalue weighted by molar-refractivity contribution is 6.03. The molecule has 2 saturated heterocycles. The molecule has 6 heterocycles. The van der Waals surface area contributed by atoms with Crippen LogP contribution in [-0.2, 0) is 22.8 Å². The first-order valence-corrected chi connectivity index (χ1v) is 19.4. The fourth-order valence-electron chi connectivity index (χ4n) is 8.61. The lowest BCUT2D eigenvalue weighted by Gasteiger charge is -2.35. The van der Waals surface area contributed by atoms with E-state index in [1.54, 1.807) is 19.3 Å². The molecule has 1 aromatic carbocycles. The van der Waals surface area contributed by atoms with Gasteiger partial charge < -0.3 is 5.32 Å². The van der Waals surface area contributed by atoms with Crippen molar-refractivity contribution in [2.24, 2.45) is 18.9 Å². The Labute approximate surface area is 325 Å². The predicted octanol–water partition coefficient (Wildman–Crippen LogP) is 5.61. The van der Waals surface area contributed by atoms with Crippen LogP contribution >= 0.6 is 0 Å². The number of anilines is 1. The summed E-state index contributed by atoms with van der Waals surface area (Å²) in [4.78, 5) is 60.2. The number of nitrogens with one attached hydrogen (secondary N) is 2. The molecule has 0 spiro atoms. The number of imide groups is 1. The number of likely N-dealkylation sites (tertiary alicyclic amines) is 1. The monoisotopic (exact) mass is 781 g/mol. The number of benzene rings is 1. The Hall–Kier alpha value is -5.82. The molecule has 2 N–H and O–H groups in total. The summed E-state index contributed by atoms with van der Waals surface area (Å²) in [5.41, 5.74) is 0.921. The maximum Gasteiger partial charge on any atom is 0.433 e. The van der Waals surface area contributed by atoms with Crippen molar-refractivity contribution < 1.29 is 27.6 Å². The maximum absolute atomic E-state index is 13.2. The molecule has 3 amide bonds. The molecule has 5 aromatic rings. The maximum atomic E-state index is 13.2. The second kappa shape index (κ2) is 15.6. The Morgan fingerprint density at radius 1 is 0.982 bits per heavy atom. The van der Waals surface area contributed by atoms with Crippen LogP contribution in [0.4, 0.5) is 19.0 Å². The van der Waals surface area contributed by atoms with E-state index in [4.69, 9.17) is 5.10 Å². The molecule has 3 fully saturated rings. The third kappa shape index (κ3) is 8.06. The molecule has 1 aliphatic carbocycles. The van der Waals surface area contributed by atoms with Crippen LogP contribution in [-0.4, -0.2) is 71.1 Å². The van der Waals surface area contributed by atoms with E-state index < -0.39 is 29.7 Å². The van der Waals surface area contributed by atoms with Crippen LogP contribution in [0.5, 0.6) is 0 Å². The van der Waals surface area contributed by atoms with Crippen molar-refractivity contribution in [1.82, 2.24) is 39.1 Å². The number of imidazole rings is 1. The van der Waals surface area contributed by atoms with Crippen LogP contribution in [0.2, 0.25) is 0 Å². The number of hydrogen-bond donors (Lipinski definition) is 2. The normalized spacial score (nSPS) is 21.0. The summed E-state index contributed by atoms with van der Waals surface area (Å²) in [6.07, 6.45) is 7.04. The Balaban J connectivity index is 0.811. The number of amides is 3. The zero-order chi connectivity index (χ0) is 39.8. The lowest BCUT2D eigenvalue weighted by molar-refractivity contribution is -0.141. The first-order chi connectivity index (χ1) is 27.4. The molecule has 0 radical (unpaired) electrons. The number of rotatable bonds is 7. The van der Waals surface area contributed by atoms with Crippen LogP contribution in [0.15, 0.2) is 59.7 Å². The van der Waals surface area contributed by atoms with Gasteiger partial charge in [0.2, 0.25) is 11.8 Å². The fraction of sp³-hybridized carbons (Fsp3) is 0.439. The number of hydrogen-bond acceptors (Lipinski definition) is 8. The molecule has 1 saturated carbocycles. The highest BCUT2D eigenvalue weighted by atomic mass is 19.4. The molecule has 16 heteroatoms. The van der Waals surface area contributed by atoms with Gasteiger partial charge in [-0.15, -0.1) is 0 Å². The Bertz CT molecular complexity index is 2480. The minimum atomic E-state index is -4.65. The standard InChI is InChI=1S/C41H42F3N9O4/c1-50-37-27(5-2-8-32(37)53(40(50)57)33-14-15-36(54)48-39(33)56)6-4-18-51-19-16-26(17-20-51)21-25-10-12-29(13-11-25)52-24-28-22-35(45-23-31(28)49-52)47-38(55)30-7-3-9-34(46-30)41(42,43)44/h2-3,5,7-9,22-26,29,33H,10-21H2,1H3,(H,47,55)(H,48,54,56). The molecule has 8 rings (SSSR count). The SMILES string of the molecule is Cn1c(=O)n(C2CCC(=O)NC2=O)c2cccc(C#CCN3CCC(CC4CCC(n5cc6cc(NC(=O)c7cccc(C(F)(F)F)n7)ncc6n5)CC4)CC3)c21. The van der Waals surface area contributed by atoms with Gasteiger partial charge in [-0.3, -0.25) is 38.4 Å². The number of piperidine rings is 2. The van der Waals surface area contributed by atoms with Crippen molar-refractivity contribution >= 4 is 45.5 Å². The fourth-order valence-corrected chi connectivity index (χ4v) is 8.61. The molecule has 4 aromatic heterocycles. The molecule has 1 atom stereocenters. The van der Waals surface area contributed by atoms with Gasteiger partial charge >= 0.3 is 11.9 Å². The number of aromatic nitrogens is 6. The Morgan fingerprint density at radius 2 is 1.74 bits per heavy atom. The first-order valence-electron chi connectivity index (χ1n) is 19.4. The average Bonchev–Trinajstić information content (AvgIpc) is 3.73. The lowest BCUT2D eigenvalue weighted by atomic mass is 9.78. The van der Waals surface area contributed by atoms with E-state index in [1.807, 2.05) is 29.1 Å². The number of halogens is 3. The zero-order valence-corrected chi connectivity index (χ0v) is 31.4. The molecule has 57 heavy (non-hydrogen) atoms. The molecular weight excluding hydrogens is 740 g/mol. The molecule has 0 bridgehead atoms. The zero-order valence-electron chi connectivity index (χ0n) is 31.4. The van der Waals surface area contributed by atoms with Crippen LogP contribution in [0.3, 0.4) is 0 Å². The minimum absolute atomic E-state index is 0.188. The second-order valence-corrected chi connectivity index (χ2v) is 15.4. The number of carbonyl (C=O) groups excluding carboxylic acids is 3. The third-order valence-electron chi connectivity index (χ3n) is 11.6. The van der Waals surface area contributed by atoms with Gasteiger partial charge in [0.15, 0.2) is 0 Å². The minimum Gasteiger partial charge on any atom is -0.305 e. The van der Waals surface area contributed by atoms with Gasteiger partial charge in [-0.1, -0.05) is 24.0 Å². The number of nitrogens with zero attached hydrogens (tertiary/aromatic N) is 7. The van der Waals surface area contributed by atoms with Crippen molar-refractivity contribution in [2.75, 3.05) is 25.0 Å². The smallest absolute Gasteiger partial charge is 0.305 e. The van der Waals surface area contributed by atoms with E-state index in [9.17, 15) is 32.3 Å². The van der Waals surface area contributed by atoms with Crippen molar-refractivity contribution in [3.63, 3.8) is 0 Å². The van der Waals surface area contributed by atoms with E-state index in [1.165, 1.54) is 21.6 Å². The summed E-state index contributed by atoms with van der Waals surface area (Å²) in [5.74, 6) is 6.58. The molecule has 2 aliphatic heterocycles. The number of pyridine rings is 2. The average molecular weight is 782 g/mol. The number of aryl methyl sites for hydroxylation is 1. The van der Waals surface area contributed by atoms with Gasteiger partial charge in [0.25, 0.3) is 5.91 Å². The van der Waals surface area contributed by atoms with Gasteiger partial charge in [-0.05, 0) is 107 Å². The lowest BCUT2D eigenvalue weighted by Crippen LogP contribution is -2.44. The van der Waals surface area contributed by atoms with Crippen LogP contribution in [0.1, 0.15) is 91.6 Å². The predicted molar refractivity (Wildman–Crippen MR) is 205 cm³/mol. The number of fused-ring (bicyclic) bond motifs is 2. The van der Waals surface area contributed by atoms with Crippen LogP contribution in [0.25, 0.3) is 21.9 Å². The highest BCUT2D eigenvalue weighted by Gasteiger charge is 2.34. The van der Waals surface area contributed by atoms with Crippen molar-refractivity contribution in [1.29, 1.82) is 0 Å². The van der Waals surface area contributed by atoms with Crippen molar-refractivity contribution in [3.05, 3.63) is 82.3 Å². The van der Waals surface area contributed by atoms with Gasteiger partial charge in [0.05, 0.1) is 35.4 Å². The van der Waals surface area contributed by atoms with Gasteiger partial charge in [-0.25, -0.2) is 14.8 Å². The first kappa shape index (κ1) is 38.1. The number of para-hydroxylation sites is 1. The molecule has 296 valence electrons. The summed E-state index contributed by atoms with van der Waals surface area (Å²) in [7, 11) is 1.68. The topological polar surface area (TPSA) is 149 Å². The quantitative estimate of drug-likeness (QED) is 0.160. The van der Waals surface area contributed by atoms with E-state index in [-0.39, 0.29) is 42.0 Å². The summed E-state index contributed by atoms with van der Waals surface area (Å²) in [6, 6.07) is 9.93. The van der Waals surface area contributed by atoms with E-state index in [0.29, 0.717) is 34.9 Å². The summed E-state index contributed by atoms with van der Waals surface area (Å²) in [5, 5.41) is 10.4. The third-order valence-corrected chi connectivity index (χ3v) is 11.6. The molecule has 1 unspecified atom stereocenters. The molecular formula is C41H42F3N9O4. The summed E-state index contributed by atoms with van der Waals surface area (Å²) in [6.45, 7) is 2.59. The van der Waals surface area contributed by atoms with Crippen molar-refractivity contribution in [3.8, 4) is 11.8 Å². The van der Waals surface area contributed by atoms with Gasteiger partial charge in [0, 0.05) is 25.1 Å². The summed E-state index contributed by atoms with van der Waals surface area (Å²) >= 11 is 0. The van der Waals surface area contributed by atoms with Crippen LogP contribution < -0.4 is 16.3 Å². The summed E-state index contributed by atoms with van der Waals surface area (Å²) < 4.78 is 44.2. The second-order valence-electron chi connectivity index (χ2n) is 15.4. The van der Waals surface area contributed by atoms with E-state index in [2.05, 4.69) is 37.3 Å². The van der Waals surface area contributed by atoms with Gasteiger partial charge in [-0.2, -0.15) is 18.3 Å². The molecule has 3 aliphatic rings. The number of alkyl halides is 3. The van der Waals surface area contributed by atoms with Gasteiger partial charge in [0.1, 0.15) is 28.8 Å². The highest BCUT2D eigenvalue weighted by Crippen LogP contribution is 2.38. The van der Waals surface area contributed by atoms with E-state index >= 15 is 0 Å². The molecule has 13 nitrogen and oxygen atoms in total. The van der Waals surface area contributed by atoms with E-state index in [0.717, 1.165) is 74.7 Å². The largest absolute Gasteiger partial charge is 0.433 e. The Morgan fingerprint density at radius 3 is 2.49 bits per heavy atom. The Kier molecular flexibility index (Phi) is 10.4. The number of carbonyl (C=O) groups is 3. The van der Waals surface area contributed by atoms with Crippen molar-refractivity contribution in [2.45, 2.75) is 76.0 Å².